The van der Waals surface area contributed by atoms with E-state index in [9.17, 15) is 14.7 Å². The predicted molar refractivity (Wildman–Crippen MR) is 88.3 cm³/mol. The van der Waals surface area contributed by atoms with Crippen LogP contribution in [0, 0.1) is 0 Å². The Hall–Kier alpha value is -1.34. The Balaban J connectivity index is 2.22. The lowest BCUT2D eigenvalue weighted by molar-refractivity contribution is -0.147. The van der Waals surface area contributed by atoms with Crippen molar-refractivity contribution in [1.82, 2.24) is 16.2 Å². The van der Waals surface area contributed by atoms with Crippen LogP contribution in [0.1, 0.15) is 32.3 Å². The zero-order valence-electron chi connectivity index (χ0n) is 12.8. The molecule has 1 saturated heterocycles. The molecule has 126 valence electrons. The van der Waals surface area contributed by atoms with Crippen molar-refractivity contribution in [2.75, 3.05) is 0 Å². The van der Waals surface area contributed by atoms with Gasteiger partial charge < -0.3 is 10.4 Å². The Kier molecular flexibility index (Phi) is 5.52. The number of carbonyl (C=O) groups excluding carboxylic acids is 1. The van der Waals surface area contributed by atoms with Crippen molar-refractivity contribution < 1.29 is 14.7 Å². The Bertz CT molecular complexity index is 626. The Labute approximate surface area is 144 Å². The van der Waals surface area contributed by atoms with Gasteiger partial charge >= 0.3 is 5.97 Å². The molecule has 0 aromatic heterocycles. The standard InChI is InChI=1S/C15H19Cl2N3O3/c1-3-9-7-12(20-19-9)13(21)18-15(2,14(22)23)8-4-5-10(16)11(17)6-8/h4-6,9,12,19-20H,3,7H2,1-2H3,(H,18,21)(H,22,23). The van der Waals surface area contributed by atoms with Gasteiger partial charge in [0.15, 0.2) is 5.54 Å². The fraction of sp³-hybridized carbons (Fsp3) is 0.467. The molecule has 0 bridgehead atoms. The van der Waals surface area contributed by atoms with Crippen LogP contribution in [-0.2, 0) is 15.1 Å². The van der Waals surface area contributed by atoms with Crippen LogP contribution in [0.25, 0.3) is 0 Å². The van der Waals surface area contributed by atoms with Crippen LogP contribution in [-0.4, -0.2) is 29.1 Å². The third-order valence-electron chi connectivity index (χ3n) is 4.09. The maximum atomic E-state index is 12.4. The maximum Gasteiger partial charge on any atom is 0.333 e. The number of rotatable bonds is 5. The number of carbonyl (C=O) groups is 2. The number of hydrogen-bond acceptors (Lipinski definition) is 4. The molecule has 3 unspecified atom stereocenters. The molecule has 1 aromatic carbocycles. The highest BCUT2D eigenvalue weighted by Crippen LogP contribution is 2.29. The summed E-state index contributed by atoms with van der Waals surface area (Å²) in [5.74, 6) is -1.56. The van der Waals surface area contributed by atoms with Gasteiger partial charge in [-0.05, 0) is 37.5 Å². The van der Waals surface area contributed by atoms with Gasteiger partial charge in [-0.3, -0.25) is 10.2 Å². The zero-order chi connectivity index (χ0) is 17.2. The first kappa shape index (κ1) is 18.0. The number of carboxylic acids is 1. The Morgan fingerprint density at radius 3 is 2.57 bits per heavy atom. The summed E-state index contributed by atoms with van der Waals surface area (Å²) < 4.78 is 0. The molecule has 0 aliphatic carbocycles. The largest absolute Gasteiger partial charge is 0.479 e. The van der Waals surface area contributed by atoms with Crippen molar-refractivity contribution in [1.29, 1.82) is 0 Å². The molecule has 23 heavy (non-hydrogen) atoms. The second-order valence-corrected chi connectivity index (χ2v) is 6.54. The number of halogens is 2. The number of hydrogen-bond donors (Lipinski definition) is 4. The van der Waals surface area contributed by atoms with Crippen molar-refractivity contribution >= 4 is 35.1 Å². The van der Waals surface area contributed by atoms with Crippen LogP contribution in [0.3, 0.4) is 0 Å². The molecule has 0 radical (unpaired) electrons. The van der Waals surface area contributed by atoms with Gasteiger partial charge in [-0.15, -0.1) is 0 Å². The van der Waals surface area contributed by atoms with E-state index in [1.54, 1.807) is 0 Å². The molecule has 0 saturated carbocycles. The highest BCUT2D eigenvalue weighted by Gasteiger charge is 2.40. The number of benzene rings is 1. The molecular formula is C15H19Cl2N3O3. The molecule has 0 spiro atoms. The molecular weight excluding hydrogens is 341 g/mol. The maximum absolute atomic E-state index is 12.4. The minimum atomic E-state index is -1.60. The number of carboxylic acid groups (broad SMARTS) is 1. The van der Waals surface area contributed by atoms with E-state index < -0.39 is 17.6 Å². The fourth-order valence-corrected chi connectivity index (χ4v) is 2.75. The quantitative estimate of drug-likeness (QED) is 0.645. The van der Waals surface area contributed by atoms with Crippen molar-refractivity contribution in [3.63, 3.8) is 0 Å². The van der Waals surface area contributed by atoms with Crippen LogP contribution >= 0.6 is 23.2 Å². The van der Waals surface area contributed by atoms with Crippen LogP contribution in [0.2, 0.25) is 10.0 Å². The van der Waals surface area contributed by atoms with Gasteiger partial charge in [0.25, 0.3) is 0 Å². The molecule has 1 fully saturated rings. The summed E-state index contributed by atoms with van der Waals surface area (Å²) in [6, 6.07) is 4.20. The van der Waals surface area contributed by atoms with Gasteiger partial charge in [-0.25, -0.2) is 10.2 Å². The van der Waals surface area contributed by atoms with Crippen molar-refractivity contribution in [3.8, 4) is 0 Å². The molecule has 1 heterocycles. The molecule has 4 N–H and O–H groups in total. The van der Waals surface area contributed by atoms with Gasteiger partial charge in [-0.2, -0.15) is 0 Å². The van der Waals surface area contributed by atoms with Gasteiger partial charge in [0.1, 0.15) is 6.04 Å². The lowest BCUT2D eigenvalue weighted by atomic mass is 9.91. The average molecular weight is 360 g/mol. The Morgan fingerprint density at radius 2 is 2.04 bits per heavy atom. The summed E-state index contributed by atoms with van der Waals surface area (Å²) in [6.07, 6.45) is 1.47. The molecule has 3 atom stereocenters. The molecule has 8 heteroatoms. The van der Waals surface area contributed by atoms with Gasteiger partial charge in [0, 0.05) is 6.04 Å². The summed E-state index contributed by atoms with van der Waals surface area (Å²) >= 11 is 11.8. The minimum absolute atomic E-state index is 0.187. The predicted octanol–water partition coefficient (Wildman–Crippen LogP) is 2.05. The highest BCUT2D eigenvalue weighted by atomic mass is 35.5. The van der Waals surface area contributed by atoms with Gasteiger partial charge in [0.05, 0.1) is 10.0 Å². The summed E-state index contributed by atoms with van der Waals surface area (Å²) in [6.45, 7) is 3.43. The van der Waals surface area contributed by atoms with Gasteiger partial charge in [0.2, 0.25) is 5.91 Å². The van der Waals surface area contributed by atoms with E-state index in [0.29, 0.717) is 17.0 Å². The normalized spacial score (nSPS) is 23.3. The van der Waals surface area contributed by atoms with E-state index in [0.717, 1.165) is 6.42 Å². The smallest absolute Gasteiger partial charge is 0.333 e. The van der Waals surface area contributed by atoms with E-state index in [1.165, 1.54) is 25.1 Å². The van der Waals surface area contributed by atoms with E-state index in [4.69, 9.17) is 23.2 Å². The number of aliphatic carboxylic acids is 1. The molecule has 2 rings (SSSR count). The number of nitrogens with one attached hydrogen (secondary N) is 3. The second kappa shape index (κ2) is 7.05. The van der Waals surface area contributed by atoms with Crippen LogP contribution in [0.5, 0.6) is 0 Å². The average Bonchev–Trinajstić information content (AvgIpc) is 2.98. The molecule has 1 aliphatic rings. The number of amides is 1. The second-order valence-electron chi connectivity index (χ2n) is 5.73. The Morgan fingerprint density at radius 1 is 1.35 bits per heavy atom. The highest BCUT2D eigenvalue weighted by molar-refractivity contribution is 6.42. The summed E-state index contributed by atoms with van der Waals surface area (Å²) in [5, 5.41) is 12.8. The lowest BCUT2D eigenvalue weighted by Gasteiger charge is -2.28. The molecule has 1 aliphatic heterocycles. The third-order valence-corrected chi connectivity index (χ3v) is 4.83. The molecule has 6 nitrogen and oxygen atoms in total. The molecule has 1 aromatic rings. The lowest BCUT2D eigenvalue weighted by Crippen LogP contribution is -2.54. The van der Waals surface area contributed by atoms with Crippen molar-refractivity contribution in [2.24, 2.45) is 0 Å². The van der Waals surface area contributed by atoms with E-state index in [2.05, 4.69) is 16.2 Å². The number of hydrazine groups is 1. The van der Waals surface area contributed by atoms with Crippen LogP contribution in [0.4, 0.5) is 0 Å². The van der Waals surface area contributed by atoms with Crippen molar-refractivity contribution in [2.45, 2.75) is 44.3 Å². The van der Waals surface area contributed by atoms with Crippen LogP contribution in [0.15, 0.2) is 18.2 Å². The van der Waals surface area contributed by atoms with Crippen molar-refractivity contribution in [3.05, 3.63) is 33.8 Å². The van der Waals surface area contributed by atoms with E-state index in [-0.39, 0.29) is 17.0 Å². The van der Waals surface area contributed by atoms with E-state index >= 15 is 0 Å². The minimum Gasteiger partial charge on any atom is -0.479 e. The molecule has 1 amide bonds. The first-order valence-electron chi connectivity index (χ1n) is 7.30. The first-order chi connectivity index (χ1) is 10.8. The zero-order valence-corrected chi connectivity index (χ0v) is 14.3. The summed E-state index contributed by atoms with van der Waals surface area (Å²) in [7, 11) is 0. The van der Waals surface area contributed by atoms with E-state index in [1.807, 2.05) is 6.92 Å². The monoisotopic (exact) mass is 359 g/mol. The van der Waals surface area contributed by atoms with Gasteiger partial charge in [-0.1, -0.05) is 36.2 Å². The topological polar surface area (TPSA) is 90.5 Å². The van der Waals surface area contributed by atoms with Crippen LogP contribution < -0.4 is 16.2 Å². The SMILES string of the molecule is CCC1CC(C(=O)NC(C)(C(=O)O)c2ccc(Cl)c(Cl)c2)NN1. The first-order valence-corrected chi connectivity index (χ1v) is 8.05. The summed E-state index contributed by atoms with van der Waals surface area (Å²) in [4.78, 5) is 24.2. The summed E-state index contributed by atoms with van der Waals surface area (Å²) in [5.41, 5.74) is 4.65. The fourth-order valence-electron chi connectivity index (χ4n) is 2.45. The third kappa shape index (κ3) is 3.77.